The number of anilines is 1. The molecule has 2 amide bonds. The normalized spacial score (nSPS) is 15.1. The van der Waals surface area contributed by atoms with Crippen LogP contribution in [0, 0.1) is 0 Å². The number of carbonyl (C=O) groups is 2. The Hall–Kier alpha value is -3.97. The lowest BCUT2D eigenvalue weighted by Gasteiger charge is -2.32. The maximum absolute atomic E-state index is 13.3. The maximum atomic E-state index is 13.3. The summed E-state index contributed by atoms with van der Waals surface area (Å²) in [5.74, 6) is 0.345. The summed E-state index contributed by atoms with van der Waals surface area (Å²) >= 11 is 0. The molecule has 0 saturated carbocycles. The number of pyridine rings is 1. The van der Waals surface area contributed by atoms with Crippen LogP contribution in [-0.2, 0) is 4.79 Å². The molecule has 1 unspecified atom stereocenters. The fourth-order valence-electron chi connectivity index (χ4n) is 5.36. The van der Waals surface area contributed by atoms with Crippen molar-refractivity contribution in [3.63, 3.8) is 0 Å². The zero-order valence-electron chi connectivity index (χ0n) is 22.0. The number of likely N-dealkylation sites (N-methyl/N-ethyl adjacent to an activating group) is 1. The van der Waals surface area contributed by atoms with Crippen LogP contribution in [0.4, 0.5) is 5.69 Å². The van der Waals surface area contributed by atoms with Crippen LogP contribution in [0.25, 0.3) is 11.1 Å². The smallest absolute Gasteiger partial charge is 0.255 e. The Balaban J connectivity index is 1.20. The summed E-state index contributed by atoms with van der Waals surface area (Å²) in [7, 11) is 0. The molecule has 7 heteroatoms. The predicted octanol–water partition coefficient (Wildman–Crippen LogP) is 5.87. The molecule has 0 radical (unpaired) electrons. The zero-order valence-corrected chi connectivity index (χ0v) is 22.0. The highest BCUT2D eigenvalue weighted by molar-refractivity contribution is 5.96. The second-order valence-corrected chi connectivity index (χ2v) is 9.74. The quantitative estimate of drug-likeness (QED) is 0.321. The summed E-state index contributed by atoms with van der Waals surface area (Å²) in [5.41, 5.74) is 4.96. The Kier molecular flexibility index (Phi) is 7.84. The summed E-state index contributed by atoms with van der Waals surface area (Å²) in [6, 6.07) is 21.3. The van der Waals surface area contributed by atoms with Gasteiger partial charge in [0.15, 0.2) is 5.58 Å². The minimum Gasteiger partial charge on any atom is -0.463 e. The van der Waals surface area contributed by atoms with E-state index in [1.165, 1.54) is 5.56 Å². The van der Waals surface area contributed by atoms with Crippen molar-refractivity contribution in [2.75, 3.05) is 31.5 Å². The first-order chi connectivity index (χ1) is 18.6. The standard InChI is InChI=1S/C31H34N4O3/c1-3-34(4-2)29(24-8-6-5-7-9-24)30(36)33-26-12-10-22(11-13-26)23-14-17-35(18-15-23)31(37)25-20-28-27(32-21-25)16-19-38-28/h5-13,16,19-21,23,29H,3-4,14-15,17-18H2,1-2H3,(H,33,36). The van der Waals surface area contributed by atoms with Gasteiger partial charge in [-0.25, -0.2) is 0 Å². The molecule has 2 aromatic heterocycles. The number of nitrogens with one attached hydrogen (secondary N) is 1. The summed E-state index contributed by atoms with van der Waals surface area (Å²) in [4.78, 5) is 34.7. The molecule has 4 aromatic rings. The van der Waals surface area contributed by atoms with Gasteiger partial charge in [-0.2, -0.15) is 0 Å². The lowest BCUT2D eigenvalue weighted by atomic mass is 9.89. The van der Waals surface area contributed by atoms with Gasteiger partial charge in [-0.15, -0.1) is 0 Å². The minimum absolute atomic E-state index is 0.00603. The number of nitrogens with zero attached hydrogens (tertiary/aromatic N) is 3. The summed E-state index contributed by atoms with van der Waals surface area (Å²) < 4.78 is 5.40. The number of hydrogen-bond acceptors (Lipinski definition) is 5. The van der Waals surface area contributed by atoms with Gasteiger partial charge in [-0.3, -0.25) is 19.5 Å². The van der Waals surface area contributed by atoms with Gasteiger partial charge in [-0.05, 0) is 61.2 Å². The zero-order chi connectivity index (χ0) is 26.5. The molecule has 1 fully saturated rings. The molecule has 0 spiro atoms. The fourth-order valence-corrected chi connectivity index (χ4v) is 5.36. The number of benzene rings is 2. The summed E-state index contributed by atoms with van der Waals surface area (Å²) in [6.45, 7) is 7.13. The molecular weight excluding hydrogens is 476 g/mol. The van der Waals surface area contributed by atoms with E-state index in [0.29, 0.717) is 30.2 Å². The lowest BCUT2D eigenvalue weighted by molar-refractivity contribution is -0.121. The van der Waals surface area contributed by atoms with Crippen LogP contribution in [0.15, 0.2) is 83.6 Å². The first kappa shape index (κ1) is 25.7. The Morgan fingerprint density at radius 3 is 2.42 bits per heavy atom. The second kappa shape index (κ2) is 11.6. The van der Waals surface area contributed by atoms with Crippen LogP contribution in [0.3, 0.4) is 0 Å². The van der Waals surface area contributed by atoms with Crippen molar-refractivity contribution in [3.05, 3.63) is 95.9 Å². The molecule has 1 saturated heterocycles. The molecular formula is C31H34N4O3. The van der Waals surface area contributed by atoms with Crippen LogP contribution >= 0.6 is 0 Å². The lowest BCUT2D eigenvalue weighted by Crippen LogP contribution is -2.38. The molecule has 7 nitrogen and oxygen atoms in total. The van der Waals surface area contributed by atoms with Gasteiger partial charge in [0, 0.05) is 31.0 Å². The van der Waals surface area contributed by atoms with Gasteiger partial charge in [0.25, 0.3) is 5.91 Å². The molecule has 0 aliphatic carbocycles. The maximum Gasteiger partial charge on any atom is 0.255 e. The van der Waals surface area contributed by atoms with Gasteiger partial charge in [0.05, 0.1) is 11.8 Å². The van der Waals surface area contributed by atoms with Crippen molar-refractivity contribution in [2.24, 2.45) is 0 Å². The van der Waals surface area contributed by atoms with E-state index in [0.717, 1.165) is 42.7 Å². The molecule has 1 aliphatic heterocycles. The van der Waals surface area contributed by atoms with Crippen LogP contribution in [0.1, 0.15) is 60.1 Å². The first-order valence-electron chi connectivity index (χ1n) is 13.4. The average molecular weight is 511 g/mol. The number of amides is 2. The number of hydrogen-bond donors (Lipinski definition) is 1. The van der Waals surface area contributed by atoms with Crippen molar-refractivity contribution in [1.82, 2.24) is 14.8 Å². The highest BCUT2D eigenvalue weighted by atomic mass is 16.3. The van der Waals surface area contributed by atoms with Gasteiger partial charge in [-0.1, -0.05) is 56.3 Å². The van der Waals surface area contributed by atoms with E-state index in [4.69, 9.17) is 4.42 Å². The van der Waals surface area contributed by atoms with Crippen molar-refractivity contribution >= 4 is 28.6 Å². The van der Waals surface area contributed by atoms with Gasteiger partial charge in [0.1, 0.15) is 11.6 Å². The largest absolute Gasteiger partial charge is 0.463 e. The number of aromatic nitrogens is 1. The molecule has 5 rings (SSSR count). The third kappa shape index (κ3) is 5.48. The average Bonchev–Trinajstić information content (AvgIpc) is 3.44. The molecule has 1 atom stereocenters. The summed E-state index contributed by atoms with van der Waals surface area (Å²) in [6.07, 6.45) is 5.00. The highest BCUT2D eigenvalue weighted by Crippen LogP contribution is 2.30. The van der Waals surface area contributed by atoms with Crippen molar-refractivity contribution in [2.45, 2.75) is 38.6 Å². The molecule has 1 N–H and O–H groups in total. The van der Waals surface area contributed by atoms with Crippen LogP contribution in [0.2, 0.25) is 0 Å². The van der Waals surface area contributed by atoms with Crippen LogP contribution in [-0.4, -0.2) is 52.8 Å². The molecule has 2 aromatic carbocycles. The minimum atomic E-state index is -0.337. The number of rotatable bonds is 8. The van der Waals surface area contributed by atoms with E-state index in [-0.39, 0.29) is 17.9 Å². The summed E-state index contributed by atoms with van der Waals surface area (Å²) in [5, 5.41) is 3.12. The molecule has 1 aliphatic rings. The molecule has 38 heavy (non-hydrogen) atoms. The second-order valence-electron chi connectivity index (χ2n) is 9.74. The number of piperidine rings is 1. The van der Waals surface area contributed by atoms with E-state index in [9.17, 15) is 9.59 Å². The molecule has 3 heterocycles. The molecule has 0 bridgehead atoms. The first-order valence-corrected chi connectivity index (χ1v) is 13.4. The predicted molar refractivity (Wildman–Crippen MR) is 149 cm³/mol. The van der Waals surface area contributed by atoms with Crippen molar-refractivity contribution in [3.8, 4) is 0 Å². The number of carbonyl (C=O) groups excluding carboxylic acids is 2. The van der Waals surface area contributed by atoms with Gasteiger partial charge in [0.2, 0.25) is 5.91 Å². The Bertz CT molecular complexity index is 1370. The van der Waals surface area contributed by atoms with Crippen molar-refractivity contribution in [1.29, 1.82) is 0 Å². The van der Waals surface area contributed by atoms with Crippen LogP contribution in [0.5, 0.6) is 0 Å². The number of likely N-dealkylation sites (tertiary alicyclic amines) is 1. The number of furan rings is 1. The Labute approximate surface area is 223 Å². The van der Waals surface area contributed by atoms with E-state index in [2.05, 4.69) is 41.2 Å². The van der Waals surface area contributed by atoms with E-state index >= 15 is 0 Å². The third-order valence-electron chi connectivity index (χ3n) is 7.52. The van der Waals surface area contributed by atoms with Crippen LogP contribution < -0.4 is 5.32 Å². The Morgan fingerprint density at radius 2 is 1.74 bits per heavy atom. The van der Waals surface area contributed by atoms with E-state index < -0.39 is 0 Å². The SMILES string of the molecule is CCN(CC)C(C(=O)Nc1ccc(C2CCN(C(=O)c3cnc4ccoc4c3)CC2)cc1)c1ccccc1. The van der Waals surface area contributed by atoms with E-state index in [1.807, 2.05) is 47.4 Å². The number of fused-ring (bicyclic) bond motifs is 1. The highest BCUT2D eigenvalue weighted by Gasteiger charge is 2.27. The third-order valence-corrected chi connectivity index (χ3v) is 7.52. The Morgan fingerprint density at radius 1 is 1.03 bits per heavy atom. The van der Waals surface area contributed by atoms with E-state index in [1.54, 1.807) is 24.6 Å². The molecule has 196 valence electrons. The van der Waals surface area contributed by atoms with Gasteiger partial charge < -0.3 is 14.6 Å². The van der Waals surface area contributed by atoms with Gasteiger partial charge >= 0.3 is 0 Å². The topological polar surface area (TPSA) is 78.7 Å². The van der Waals surface area contributed by atoms with Crippen molar-refractivity contribution < 1.29 is 14.0 Å². The fraction of sp³-hybridized carbons (Fsp3) is 0.323. The monoisotopic (exact) mass is 510 g/mol.